The van der Waals surface area contributed by atoms with E-state index in [2.05, 4.69) is 4.98 Å². The topological polar surface area (TPSA) is 75.2 Å². The molecule has 0 bridgehead atoms. The molecule has 0 unspecified atom stereocenters. The fraction of sp³-hybridized carbons (Fsp3) is 0.588. The number of imidazole rings is 1. The highest BCUT2D eigenvalue weighted by Gasteiger charge is 2.32. The molecule has 24 heavy (non-hydrogen) atoms. The van der Waals surface area contributed by atoms with E-state index in [0.29, 0.717) is 25.9 Å². The molecule has 1 saturated heterocycles. The Balaban J connectivity index is 1.78. The summed E-state index contributed by atoms with van der Waals surface area (Å²) in [5, 5.41) is 0. The average molecular weight is 351 g/mol. The quantitative estimate of drug-likeness (QED) is 0.922. The van der Waals surface area contributed by atoms with Crippen LogP contribution in [0.5, 0.6) is 0 Å². The standard InChI is InChI=1S/C17H25N3O3S/c1-17(2,3)12-24(22,23)19-10-8-13(9-11-19)20-15-7-5-4-6-14(15)18-16(20)21/h4-7,13H,8-12H2,1-3H3,(H,18,21). The van der Waals surface area contributed by atoms with Gasteiger partial charge in [0.05, 0.1) is 16.8 Å². The van der Waals surface area contributed by atoms with Gasteiger partial charge < -0.3 is 4.98 Å². The first-order valence-electron chi connectivity index (χ1n) is 8.34. The van der Waals surface area contributed by atoms with Gasteiger partial charge in [-0.1, -0.05) is 32.9 Å². The van der Waals surface area contributed by atoms with E-state index >= 15 is 0 Å². The molecule has 0 radical (unpaired) electrons. The van der Waals surface area contributed by atoms with Crippen molar-refractivity contribution in [2.24, 2.45) is 5.41 Å². The number of hydrogen-bond acceptors (Lipinski definition) is 3. The van der Waals surface area contributed by atoms with Crippen molar-refractivity contribution in [3.8, 4) is 0 Å². The number of H-pyrrole nitrogens is 1. The second-order valence-electron chi connectivity index (χ2n) is 7.76. The number of nitrogens with zero attached hydrogens (tertiary/aromatic N) is 2. The lowest BCUT2D eigenvalue weighted by molar-refractivity contribution is 0.271. The summed E-state index contributed by atoms with van der Waals surface area (Å²) in [5.74, 6) is 0.150. The lowest BCUT2D eigenvalue weighted by Gasteiger charge is -2.33. The summed E-state index contributed by atoms with van der Waals surface area (Å²) in [5.41, 5.74) is 1.33. The van der Waals surface area contributed by atoms with Gasteiger partial charge in [-0.3, -0.25) is 4.57 Å². The zero-order valence-corrected chi connectivity index (χ0v) is 15.3. The van der Waals surface area contributed by atoms with Crippen molar-refractivity contribution >= 4 is 21.1 Å². The van der Waals surface area contributed by atoms with Crippen LogP contribution < -0.4 is 5.69 Å². The molecule has 0 saturated carbocycles. The second-order valence-corrected chi connectivity index (χ2v) is 9.73. The molecule has 2 aromatic rings. The minimum atomic E-state index is -3.25. The maximum absolute atomic E-state index is 12.5. The Morgan fingerprint density at radius 3 is 2.42 bits per heavy atom. The van der Waals surface area contributed by atoms with Crippen molar-refractivity contribution in [3.63, 3.8) is 0 Å². The molecule has 132 valence electrons. The molecule has 3 rings (SSSR count). The molecule has 1 aromatic heterocycles. The minimum absolute atomic E-state index is 0.0368. The lowest BCUT2D eigenvalue weighted by Crippen LogP contribution is -2.43. The fourth-order valence-electron chi connectivity index (χ4n) is 3.45. The van der Waals surface area contributed by atoms with E-state index in [1.54, 1.807) is 8.87 Å². The summed E-state index contributed by atoms with van der Waals surface area (Å²) in [6, 6.07) is 7.65. The third-order valence-corrected chi connectivity index (χ3v) is 6.80. The number of sulfonamides is 1. The van der Waals surface area contributed by atoms with Crippen molar-refractivity contribution in [1.29, 1.82) is 0 Å². The van der Waals surface area contributed by atoms with Crippen LogP contribution in [0.25, 0.3) is 11.0 Å². The summed E-state index contributed by atoms with van der Waals surface area (Å²) >= 11 is 0. The number of fused-ring (bicyclic) bond motifs is 1. The van der Waals surface area contributed by atoms with Crippen LogP contribution in [0.4, 0.5) is 0 Å². The van der Waals surface area contributed by atoms with Gasteiger partial charge in [-0.15, -0.1) is 0 Å². The van der Waals surface area contributed by atoms with Crippen LogP contribution in [0.15, 0.2) is 29.1 Å². The van der Waals surface area contributed by atoms with Crippen LogP contribution in [0.3, 0.4) is 0 Å². The van der Waals surface area contributed by atoms with Crippen LogP contribution in [-0.4, -0.2) is 41.1 Å². The number of aromatic nitrogens is 2. The van der Waals surface area contributed by atoms with Crippen LogP contribution in [0.1, 0.15) is 39.7 Å². The molecule has 1 aliphatic heterocycles. The summed E-state index contributed by atoms with van der Waals surface area (Å²) in [6.07, 6.45) is 1.32. The zero-order chi connectivity index (χ0) is 17.5. The largest absolute Gasteiger partial charge is 0.326 e. The SMILES string of the molecule is CC(C)(C)CS(=O)(=O)N1CCC(n2c(=O)[nH]c3ccccc32)CC1. The fourth-order valence-corrected chi connectivity index (χ4v) is 5.50. The minimum Gasteiger partial charge on any atom is -0.306 e. The first-order chi connectivity index (χ1) is 11.2. The van der Waals surface area contributed by atoms with Gasteiger partial charge in [0.1, 0.15) is 0 Å². The summed E-state index contributed by atoms with van der Waals surface area (Å²) in [4.78, 5) is 15.2. The van der Waals surface area contributed by atoms with Crippen molar-refractivity contribution in [2.45, 2.75) is 39.7 Å². The molecule has 1 fully saturated rings. The van der Waals surface area contributed by atoms with Gasteiger partial charge >= 0.3 is 5.69 Å². The average Bonchev–Trinajstić information content (AvgIpc) is 2.80. The highest BCUT2D eigenvalue weighted by molar-refractivity contribution is 7.89. The molecular formula is C17H25N3O3S. The predicted molar refractivity (Wildman–Crippen MR) is 95.6 cm³/mol. The van der Waals surface area contributed by atoms with Crippen molar-refractivity contribution in [1.82, 2.24) is 13.9 Å². The van der Waals surface area contributed by atoms with Crippen LogP contribution in [0.2, 0.25) is 0 Å². The number of nitrogens with one attached hydrogen (secondary N) is 1. The first kappa shape index (κ1) is 17.2. The molecule has 7 heteroatoms. The summed E-state index contributed by atoms with van der Waals surface area (Å²) in [6.45, 7) is 6.73. The Labute approximate surface area is 142 Å². The summed E-state index contributed by atoms with van der Waals surface area (Å²) < 4.78 is 28.4. The smallest absolute Gasteiger partial charge is 0.306 e. The van der Waals surface area contributed by atoms with Crippen molar-refractivity contribution in [2.75, 3.05) is 18.8 Å². The van der Waals surface area contributed by atoms with Gasteiger partial charge in [0, 0.05) is 19.1 Å². The third kappa shape index (κ3) is 3.42. The van der Waals surface area contributed by atoms with E-state index in [9.17, 15) is 13.2 Å². The lowest BCUT2D eigenvalue weighted by atomic mass is 10.0. The molecule has 0 amide bonds. The normalized spacial score (nSPS) is 18.3. The highest BCUT2D eigenvalue weighted by Crippen LogP contribution is 2.28. The number of aromatic amines is 1. The maximum Gasteiger partial charge on any atom is 0.326 e. The van der Waals surface area contributed by atoms with E-state index in [0.717, 1.165) is 11.0 Å². The van der Waals surface area contributed by atoms with Crippen molar-refractivity contribution < 1.29 is 8.42 Å². The second kappa shape index (κ2) is 6.04. The highest BCUT2D eigenvalue weighted by atomic mass is 32.2. The van der Waals surface area contributed by atoms with Gasteiger partial charge in [0.2, 0.25) is 10.0 Å². The van der Waals surface area contributed by atoms with Gasteiger partial charge in [-0.2, -0.15) is 0 Å². The van der Waals surface area contributed by atoms with Crippen LogP contribution >= 0.6 is 0 Å². The maximum atomic E-state index is 12.5. The van der Waals surface area contributed by atoms with E-state index < -0.39 is 10.0 Å². The Morgan fingerprint density at radius 2 is 1.79 bits per heavy atom. The molecule has 0 aliphatic carbocycles. The summed E-state index contributed by atoms with van der Waals surface area (Å²) in [7, 11) is -3.25. The monoisotopic (exact) mass is 351 g/mol. The van der Waals surface area contributed by atoms with Gasteiger partial charge in [-0.05, 0) is 30.4 Å². The zero-order valence-electron chi connectivity index (χ0n) is 14.4. The first-order valence-corrected chi connectivity index (χ1v) is 9.95. The molecule has 6 nitrogen and oxygen atoms in total. The number of para-hydroxylation sites is 2. The number of piperidine rings is 1. The van der Waals surface area contributed by atoms with Gasteiger partial charge in [0.25, 0.3) is 0 Å². The number of benzene rings is 1. The Kier molecular flexibility index (Phi) is 4.34. The molecule has 1 aromatic carbocycles. The molecule has 2 heterocycles. The predicted octanol–water partition coefficient (Wildman–Crippen LogP) is 2.34. The Hall–Kier alpha value is -1.60. The van der Waals surface area contributed by atoms with E-state index in [1.807, 2.05) is 45.0 Å². The number of rotatable bonds is 3. The van der Waals surface area contributed by atoms with Crippen LogP contribution in [0, 0.1) is 5.41 Å². The van der Waals surface area contributed by atoms with E-state index in [-0.39, 0.29) is 22.9 Å². The van der Waals surface area contributed by atoms with Crippen molar-refractivity contribution in [3.05, 3.63) is 34.7 Å². The molecule has 1 N–H and O–H groups in total. The Morgan fingerprint density at radius 1 is 1.17 bits per heavy atom. The number of hydrogen-bond donors (Lipinski definition) is 1. The molecule has 0 atom stereocenters. The van der Waals surface area contributed by atoms with Gasteiger partial charge in [0.15, 0.2) is 0 Å². The molecular weight excluding hydrogens is 326 g/mol. The van der Waals surface area contributed by atoms with Crippen LogP contribution in [-0.2, 0) is 10.0 Å². The van der Waals surface area contributed by atoms with E-state index in [1.165, 1.54) is 0 Å². The van der Waals surface area contributed by atoms with Gasteiger partial charge in [-0.25, -0.2) is 17.5 Å². The van der Waals surface area contributed by atoms with E-state index in [4.69, 9.17) is 0 Å². The molecule has 0 spiro atoms. The third-order valence-electron chi connectivity index (χ3n) is 4.42. The Bertz CT molecular complexity index is 882. The molecule has 1 aliphatic rings.